The number of nitrogens with zero attached hydrogens (tertiary/aromatic N) is 5. The first-order valence-electron chi connectivity index (χ1n) is 15.8. The summed E-state index contributed by atoms with van der Waals surface area (Å²) in [4.78, 5) is 26.5. The number of pyridine rings is 1. The first-order valence-corrected chi connectivity index (χ1v) is 15.8. The predicted octanol–water partition coefficient (Wildman–Crippen LogP) is 7.40. The van der Waals surface area contributed by atoms with Crippen molar-refractivity contribution in [3.63, 3.8) is 0 Å². The number of hydrogen-bond donors (Lipinski definition) is 0. The van der Waals surface area contributed by atoms with Crippen LogP contribution in [0.15, 0.2) is 95.8 Å². The average Bonchev–Trinajstić information content (AvgIpc) is 3.68. The van der Waals surface area contributed by atoms with Gasteiger partial charge in [-0.2, -0.15) is 4.98 Å². The average molecular weight is 600 g/mol. The summed E-state index contributed by atoms with van der Waals surface area (Å²) in [5.41, 5.74) is 6.26. The van der Waals surface area contributed by atoms with E-state index in [1.54, 1.807) is 6.92 Å². The summed E-state index contributed by atoms with van der Waals surface area (Å²) in [6.45, 7) is 6.15. The van der Waals surface area contributed by atoms with Gasteiger partial charge in [0.25, 0.3) is 5.89 Å². The Hall–Kier alpha value is -4.82. The number of rotatable bonds is 9. The predicted molar refractivity (Wildman–Crippen MR) is 173 cm³/mol. The number of hydrogen-bond acceptors (Lipinski definition) is 7. The maximum atomic E-state index is 13.1. The smallest absolute Gasteiger partial charge is 0.257 e. The van der Waals surface area contributed by atoms with Gasteiger partial charge in [0.05, 0.1) is 0 Å². The van der Waals surface area contributed by atoms with Crippen molar-refractivity contribution in [1.82, 2.24) is 24.9 Å². The van der Waals surface area contributed by atoms with Gasteiger partial charge in [0, 0.05) is 61.1 Å². The van der Waals surface area contributed by atoms with Crippen LogP contribution in [0, 0.1) is 6.92 Å². The lowest BCUT2D eigenvalue weighted by Gasteiger charge is -2.26. The number of likely N-dealkylation sites (tertiary alicyclic amines) is 2. The van der Waals surface area contributed by atoms with Crippen molar-refractivity contribution in [3.05, 3.63) is 114 Å². The van der Waals surface area contributed by atoms with Gasteiger partial charge < -0.3 is 14.2 Å². The first-order chi connectivity index (χ1) is 22.1. The first kappa shape index (κ1) is 28.9. The van der Waals surface area contributed by atoms with Crippen LogP contribution in [0.1, 0.15) is 54.1 Å². The quantitative estimate of drug-likeness (QED) is 0.175. The molecule has 1 atom stereocenters. The Morgan fingerprint density at radius 2 is 1.67 bits per heavy atom. The molecule has 3 aromatic carbocycles. The molecule has 2 aliphatic rings. The molecular weight excluding hydrogens is 562 g/mol. The molecule has 2 aliphatic heterocycles. The number of aryl methyl sites for hydroxylation is 1. The zero-order chi connectivity index (χ0) is 30.6. The van der Waals surface area contributed by atoms with E-state index in [2.05, 4.69) is 56.4 Å². The van der Waals surface area contributed by atoms with E-state index in [0.717, 1.165) is 41.9 Å². The normalized spacial score (nSPS) is 17.1. The Morgan fingerprint density at radius 1 is 0.867 bits per heavy atom. The van der Waals surface area contributed by atoms with Gasteiger partial charge in [0.2, 0.25) is 5.91 Å². The SMILES string of the molecule is Cc1noc(-c2ccc(Oc3cc(-c4cncc(CN5CCCCC5)c4)ccc3CN3CC(c4ccccc4)CC3=O)cc2)n1. The summed E-state index contributed by atoms with van der Waals surface area (Å²) in [5.74, 6) is 2.81. The molecule has 1 amide bonds. The summed E-state index contributed by atoms with van der Waals surface area (Å²) in [6.07, 6.45) is 8.24. The fourth-order valence-corrected chi connectivity index (χ4v) is 6.35. The zero-order valence-corrected chi connectivity index (χ0v) is 25.6. The monoisotopic (exact) mass is 599 g/mol. The van der Waals surface area contributed by atoms with Crippen LogP contribution in [0.5, 0.6) is 11.5 Å². The number of amides is 1. The molecular formula is C37H37N5O3. The van der Waals surface area contributed by atoms with Gasteiger partial charge in [-0.15, -0.1) is 0 Å². The zero-order valence-electron chi connectivity index (χ0n) is 25.6. The number of benzene rings is 3. The Morgan fingerprint density at radius 3 is 2.44 bits per heavy atom. The number of piperidine rings is 1. The molecule has 5 aromatic rings. The van der Waals surface area contributed by atoms with Crippen LogP contribution in [-0.2, 0) is 17.9 Å². The van der Waals surface area contributed by atoms with Crippen molar-refractivity contribution in [2.24, 2.45) is 0 Å². The van der Waals surface area contributed by atoms with Gasteiger partial charge in [0.1, 0.15) is 11.5 Å². The molecule has 0 radical (unpaired) electrons. The number of carbonyl (C=O) groups is 1. The third-order valence-electron chi connectivity index (χ3n) is 8.75. The van der Waals surface area contributed by atoms with Crippen molar-refractivity contribution < 1.29 is 14.1 Å². The van der Waals surface area contributed by atoms with E-state index in [-0.39, 0.29) is 11.8 Å². The number of carbonyl (C=O) groups excluding carboxylic acids is 1. The summed E-state index contributed by atoms with van der Waals surface area (Å²) in [7, 11) is 0. The fraction of sp³-hybridized carbons (Fsp3) is 0.297. The van der Waals surface area contributed by atoms with Crippen molar-refractivity contribution in [2.75, 3.05) is 19.6 Å². The van der Waals surface area contributed by atoms with Crippen LogP contribution in [-0.4, -0.2) is 50.5 Å². The van der Waals surface area contributed by atoms with Gasteiger partial charge in [-0.3, -0.25) is 14.7 Å². The van der Waals surface area contributed by atoms with Gasteiger partial charge in [-0.1, -0.05) is 54.0 Å². The molecule has 0 spiro atoms. The van der Waals surface area contributed by atoms with Crippen LogP contribution >= 0.6 is 0 Å². The summed E-state index contributed by atoms with van der Waals surface area (Å²) in [5, 5.41) is 3.89. The van der Waals surface area contributed by atoms with Crippen LogP contribution in [0.2, 0.25) is 0 Å². The highest BCUT2D eigenvalue weighted by Crippen LogP contribution is 2.35. The van der Waals surface area contributed by atoms with E-state index in [1.165, 1.54) is 30.4 Å². The fourth-order valence-electron chi connectivity index (χ4n) is 6.35. The molecule has 8 heteroatoms. The highest BCUT2D eigenvalue weighted by Gasteiger charge is 2.31. The van der Waals surface area contributed by atoms with E-state index in [4.69, 9.17) is 9.26 Å². The van der Waals surface area contributed by atoms with Crippen molar-refractivity contribution in [3.8, 4) is 34.1 Å². The van der Waals surface area contributed by atoms with Gasteiger partial charge >= 0.3 is 0 Å². The summed E-state index contributed by atoms with van der Waals surface area (Å²) >= 11 is 0. The summed E-state index contributed by atoms with van der Waals surface area (Å²) in [6, 6.07) is 26.4. The van der Waals surface area contributed by atoms with Crippen LogP contribution in [0.25, 0.3) is 22.6 Å². The molecule has 2 fully saturated rings. The van der Waals surface area contributed by atoms with E-state index >= 15 is 0 Å². The third kappa shape index (κ3) is 6.81. The molecule has 4 heterocycles. The van der Waals surface area contributed by atoms with Crippen molar-refractivity contribution >= 4 is 5.91 Å². The van der Waals surface area contributed by atoms with E-state index in [0.29, 0.717) is 42.7 Å². The maximum absolute atomic E-state index is 13.1. The van der Waals surface area contributed by atoms with Crippen molar-refractivity contribution in [2.45, 2.75) is 51.6 Å². The van der Waals surface area contributed by atoms with Gasteiger partial charge in [-0.05, 0) is 85.9 Å². The summed E-state index contributed by atoms with van der Waals surface area (Å²) < 4.78 is 11.9. The highest BCUT2D eigenvalue weighted by atomic mass is 16.5. The third-order valence-corrected chi connectivity index (χ3v) is 8.75. The highest BCUT2D eigenvalue weighted by molar-refractivity contribution is 5.80. The largest absolute Gasteiger partial charge is 0.457 e. The van der Waals surface area contributed by atoms with Crippen LogP contribution < -0.4 is 4.74 Å². The Balaban J connectivity index is 1.16. The van der Waals surface area contributed by atoms with Gasteiger partial charge in [0.15, 0.2) is 5.82 Å². The lowest BCUT2D eigenvalue weighted by Crippen LogP contribution is -2.29. The minimum Gasteiger partial charge on any atom is -0.457 e. The molecule has 0 bridgehead atoms. The molecule has 2 saturated heterocycles. The van der Waals surface area contributed by atoms with Crippen LogP contribution in [0.3, 0.4) is 0 Å². The second-order valence-corrected chi connectivity index (χ2v) is 12.1. The number of ether oxygens (including phenoxy) is 1. The topological polar surface area (TPSA) is 84.6 Å². The van der Waals surface area contributed by atoms with Gasteiger partial charge in [-0.25, -0.2) is 0 Å². The second kappa shape index (κ2) is 13.0. The Kier molecular flexibility index (Phi) is 8.38. The standard InChI is InChI=1S/C37H37N5O3/c1-26-39-37(45-40-26)29-12-14-34(15-13-29)44-35-19-30(32-18-27(21-38-22-32)23-41-16-6-3-7-17-41)10-11-31(35)24-42-25-33(20-36(42)43)28-8-4-2-5-9-28/h2,4-5,8-15,18-19,21-22,33H,3,6-7,16-17,20,23-25H2,1H3. The minimum absolute atomic E-state index is 0.160. The number of aromatic nitrogens is 3. The lowest BCUT2D eigenvalue weighted by molar-refractivity contribution is -0.128. The second-order valence-electron chi connectivity index (χ2n) is 12.1. The van der Waals surface area contributed by atoms with Crippen LogP contribution in [0.4, 0.5) is 0 Å². The Labute approximate surface area is 263 Å². The molecule has 2 aromatic heterocycles. The van der Waals surface area contributed by atoms with E-state index in [1.807, 2.05) is 59.8 Å². The molecule has 0 aliphatic carbocycles. The molecule has 45 heavy (non-hydrogen) atoms. The molecule has 0 saturated carbocycles. The molecule has 1 unspecified atom stereocenters. The lowest BCUT2D eigenvalue weighted by atomic mass is 9.98. The molecule has 7 rings (SSSR count). The van der Waals surface area contributed by atoms with E-state index < -0.39 is 0 Å². The molecule has 228 valence electrons. The molecule has 8 nitrogen and oxygen atoms in total. The molecule has 0 N–H and O–H groups in total. The minimum atomic E-state index is 0.160. The maximum Gasteiger partial charge on any atom is 0.257 e. The van der Waals surface area contributed by atoms with Crippen molar-refractivity contribution in [1.29, 1.82) is 0 Å². The van der Waals surface area contributed by atoms with E-state index in [9.17, 15) is 4.79 Å². The Bertz CT molecular complexity index is 1760.